The van der Waals surface area contributed by atoms with Gasteiger partial charge in [-0.05, 0) is 5.56 Å². The monoisotopic (exact) mass is 323 g/mol. The lowest BCUT2D eigenvalue weighted by Crippen LogP contribution is -2.99. The largest absolute Gasteiger partial charge is 0.595 e. The molecule has 1 heterocycles. The summed E-state index contributed by atoms with van der Waals surface area (Å²) in [5.74, 6) is -0.168. The molecule has 0 saturated carbocycles. The van der Waals surface area contributed by atoms with Crippen molar-refractivity contribution in [3.8, 4) is 0 Å². The van der Waals surface area contributed by atoms with E-state index in [0.717, 1.165) is 0 Å². The van der Waals surface area contributed by atoms with Gasteiger partial charge >= 0.3 is 6.03 Å². The number of ketones is 1. The summed E-state index contributed by atoms with van der Waals surface area (Å²) in [5.41, 5.74) is 2.80. The minimum absolute atomic E-state index is 0.102. The molecule has 4 rings (SSSR count). The molecular formula is C17H13N3O4. The van der Waals surface area contributed by atoms with Gasteiger partial charge in [-0.25, -0.2) is 10.0 Å². The van der Waals surface area contributed by atoms with Gasteiger partial charge in [-0.1, -0.05) is 36.4 Å². The molecule has 1 aliphatic heterocycles. The molecule has 2 aromatic carbocycles. The molecule has 0 aromatic heterocycles. The third-order valence-electron chi connectivity index (χ3n) is 4.22. The Hall–Kier alpha value is -3.00. The zero-order chi connectivity index (χ0) is 16.8. The van der Waals surface area contributed by atoms with E-state index in [-0.39, 0.29) is 11.5 Å². The molecule has 120 valence electrons. The van der Waals surface area contributed by atoms with E-state index in [4.69, 9.17) is 5.21 Å². The summed E-state index contributed by atoms with van der Waals surface area (Å²) >= 11 is 0. The number of Topliss-reactive ketones (excluding diaryl/α,β-unsaturated/α-hetero) is 1. The maximum atomic E-state index is 12.8. The number of benzene rings is 2. The zero-order valence-electron chi connectivity index (χ0n) is 12.4. The molecular weight excluding hydrogens is 310 g/mol. The second-order valence-corrected chi connectivity index (χ2v) is 5.63. The molecule has 2 aliphatic rings. The Morgan fingerprint density at radius 3 is 2.54 bits per heavy atom. The topological polar surface area (TPSA) is 106 Å². The first-order valence-electron chi connectivity index (χ1n) is 7.35. The molecule has 24 heavy (non-hydrogen) atoms. The SMILES string of the molecule is O=C1NC2=C(C(=O)c3ccccc32)C(c2cccc([NH+]([O-])O)c2)N1. The van der Waals surface area contributed by atoms with Crippen LogP contribution in [0.5, 0.6) is 0 Å². The molecule has 4 N–H and O–H groups in total. The van der Waals surface area contributed by atoms with Crippen LogP contribution in [0.15, 0.2) is 54.1 Å². The predicted octanol–water partition coefficient (Wildman–Crippen LogP) is 1.05. The lowest BCUT2D eigenvalue weighted by Gasteiger charge is -2.27. The van der Waals surface area contributed by atoms with E-state index in [1.807, 2.05) is 0 Å². The zero-order valence-corrected chi connectivity index (χ0v) is 12.4. The summed E-state index contributed by atoms with van der Waals surface area (Å²) in [6.07, 6.45) is 0. The summed E-state index contributed by atoms with van der Waals surface area (Å²) in [6.45, 7) is 0. The number of amides is 2. The fraction of sp³-hybridized carbons (Fsp3) is 0.0588. The van der Waals surface area contributed by atoms with Gasteiger partial charge in [-0.2, -0.15) is 5.23 Å². The summed E-state index contributed by atoms with van der Waals surface area (Å²) in [5, 5.41) is 24.7. The van der Waals surface area contributed by atoms with Gasteiger partial charge in [-0.3, -0.25) is 4.79 Å². The Bertz CT molecular complexity index is 904. The Balaban J connectivity index is 1.86. The number of fused-ring (bicyclic) bond motifs is 2. The lowest BCUT2D eigenvalue weighted by atomic mass is 9.94. The molecule has 7 heteroatoms. The Morgan fingerprint density at radius 2 is 1.79 bits per heavy atom. The van der Waals surface area contributed by atoms with Gasteiger partial charge in [0.25, 0.3) is 0 Å². The molecule has 0 bridgehead atoms. The Kier molecular flexibility index (Phi) is 3.20. The van der Waals surface area contributed by atoms with Crippen LogP contribution in [-0.4, -0.2) is 17.0 Å². The molecule has 0 spiro atoms. The molecule has 2 atom stereocenters. The lowest BCUT2D eigenvalue weighted by molar-refractivity contribution is -0.991. The van der Waals surface area contributed by atoms with Crippen LogP contribution in [0.3, 0.4) is 0 Å². The predicted molar refractivity (Wildman–Crippen MR) is 84.3 cm³/mol. The van der Waals surface area contributed by atoms with Crippen LogP contribution in [0, 0.1) is 5.21 Å². The van der Waals surface area contributed by atoms with Crippen molar-refractivity contribution in [2.24, 2.45) is 0 Å². The smallest absolute Gasteiger partial charge is 0.320 e. The molecule has 2 unspecified atom stereocenters. The second kappa shape index (κ2) is 5.27. The number of nitrogens with one attached hydrogen (secondary N) is 3. The van der Waals surface area contributed by atoms with Gasteiger partial charge in [-0.15, -0.1) is 0 Å². The normalized spacial score (nSPS) is 20.2. The molecule has 0 saturated heterocycles. The van der Waals surface area contributed by atoms with Gasteiger partial charge in [0.2, 0.25) is 0 Å². The van der Waals surface area contributed by atoms with Gasteiger partial charge in [0.05, 0.1) is 17.3 Å². The van der Waals surface area contributed by atoms with Crippen LogP contribution in [0.4, 0.5) is 10.5 Å². The van der Waals surface area contributed by atoms with Gasteiger partial charge < -0.3 is 15.8 Å². The maximum absolute atomic E-state index is 12.8. The highest BCUT2D eigenvalue weighted by Gasteiger charge is 2.39. The first-order chi connectivity index (χ1) is 11.6. The van der Waals surface area contributed by atoms with E-state index in [2.05, 4.69) is 10.6 Å². The summed E-state index contributed by atoms with van der Waals surface area (Å²) < 4.78 is 0. The van der Waals surface area contributed by atoms with Crippen LogP contribution >= 0.6 is 0 Å². The van der Waals surface area contributed by atoms with Crippen molar-refractivity contribution in [2.75, 3.05) is 0 Å². The number of carbonyl (C=O) groups is 2. The van der Waals surface area contributed by atoms with Crippen molar-refractivity contribution in [2.45, 2.75) is 6.04 Å². The van der Waals surface area contributed by atoms with E-state index < -0.39 is 17.3 Å². The Labute approximate surface area is 136 Å². The summed E-state index contributed by atoms with van der Waals surface area (Å²) in [4.78, 5) is 24.8. The first kappa shape index (κ1) is 14.6. The van der Waals surface area contributed by atoms with E-state index in [1.54, 1.807) is 36.4 Å². The van der Waals surface area contributed by atoms with Crippen molar-refractivity contribution >= 4 is 23.2 Å². The van der Waals surface area contributed by atoms with E-state index in [9.17, 15) is 14.8 Å². The van der Waals surface area contributed by atoms with Crippen LogP contribution in [0.25, 0.3) is 5.70 Å². The minimum atomic E-state index is -1.06. The van der Waals surface area contributed by atoms with E-state index in [1.165, 1.54) is 12.1 Å². The summed E-state index contributed by atoms with van der Waals surface area (Å²) in [6, 6.07) is 12.2. The molecule has 0 fully saturated rings. The average molecular weight is 323 g/mol. The highest BCUT2D eigenvalue weighted by molar-refractivity contribution is 6.23. The quantitative estimate of drug-likeness (QED) is 0.620. The van der Waals surface area contributed by atoms with Crippen LogP contribution in [-0.2, 0) is 0 Å². The van der Waals surface area contributed by atoms with Crippen molar-refractivity contribution in [1.82, 2.24) is 10.6 Å². The molecule has 2 amide bonds. The van der Waals surface area contributed by atoms with Crippen LogP contribution < -0.4 is 15.9 Å². The average Bonchev–Trinajstić information content (AvgIpc) is 2.87. The van der Waals surface area contributed by atoms with Gasteiger partial charge in [0.1, 0.15) is 0 Å². The first-order valence-corrected chi connectivity index (χ1v) is 7.35. The number of urea groups is 1. The Morgan fingerprint density at radius 1 is 1.04 bits per heavy atom. The number of carbonyl (C=O) groups excluding carboxylic acids is 2. The highest BCUT2D eigenvalue weighted by atomic mass is 16.8. The van der Waals surface area contributed by atoms with E-state index in [0.29, 0.717) is 28.0 Å². The third-order valence-corrected chi connectivity index (χ3v) is 4.22. The molecule has 0 radical (unpaired) electrons. The fourth-order valence-electron chi connectivity index (χ4n) is 3.17. The standard InChI is InChI=1S/C17H13N3O4/c21-16-12-7-2-1-6-11(12)15-13(16)14(18-17(22)19-15)9-4-3-5-10(8-9)20(23)24/h1-8,14,20,23H,(H2,18,19,22). The summed E-state index contributed by atoms with van der Waals surface area (Å²) in [7, 11) is 0. The highest BCUT2D eigenvalue weighted by Crippen LogP contribution is 2.39. The van der Waals surface area contributed by atoms with Crippen LogP contribution in [0.1, 0.15) is 27.5 Å². The molecule has 2 aromatic rings. The van der Waals surface area contributed by atoms with Gasteiger partial charge in [0.15, 0.2) is 11.5 Å². The number of hydrogen-bond acceptors (Lipinski definition) is 4. The number of hydrogen-bond donors (Lipinski definition) is 4. The maximum Gasteiger partial charge on any atom is 0.320 e. The van der Waals surface area contributed by atoms with Crippen LogP contribution in [0.2, 0.25) is 0 Å². The van der Waals surface area contributed by atoms with Crippen molar-refractivity contribution in [3.05, 3.63) is 76.0 Å². The van der Waals surface area contributed by atoms with Crippen molar-refractivity contribution in [3.63, 3.8) is 0 Å². The minimum Gasteiger partial charge on any atom is -0.595 e. The van der Waals surface area contributed by atoms with Crippen molar-refractivity contribution < 1.29 is 20.0 Å². The van der Waals surface area contributed by atoms with Gasteiger partial charge in [0, 0.05) is 23.3 Å². The second-order valence-electron chi connectivity index (χ2n) is 5.63. The molecule has 7 nitrogen and oxygen atoms in total. The fourth-order valence-corrected chi connectivity index (χ4v) is 3.17. The third kappa shape index (κ3) is 2.11. The number of rotatable bonds is 2. The molecule has 1 aliphatic carbocycles. The van der Waals surface area contributed by atoms with E-state index >= 15 is 0 Å². The number of quaternary nitrogens is 1. The van der Waals surface area contributed by atoms with Crippen molar-refractivity contribution in [1.29, 1.82) is 0 Å².